The van der Waals surface area contributed by atoms with Crippen molar-refractivity contribution in [3.63, 3.8) is 0 Å². The van der Waals surface area contributed by atoms with Crippen molar-refractivity contribution in [1.29, 1.82) is 0 Å². The fraction of sp³-hybridized carbons (Fsp3) is 0.0909. The zero-order chi connectivity index (χ0) is 21.6. The predicted molar refractivity (Wildman–Crippen MR) is 115 cm³/mol. The quantitative estimate of drug-likeness (QED) is 0.373. The highest BCUT2D eigenvalue weighted by atomic mass is 32.2. The maximum Gasteiger partial charge on any atom is 0.284 e. The molecule has 0 aliphatic rings. The molecular formula is C22H21N3O4S. The van der Waals surface area contributed by atoms with Crippen LogP contribution in [0.4, 0.5) is 0 Å². The van der Waals surface area contributed by atoms with Gasteiger partial charge in [-0.15, -0.1) is 4.40 Å². The van der Waals surface area contributed by atoms with Gasteiger partial charge >= 0.3 is 0 Å². The van der Waals surface area contributed by atoms with E-state index < -0.39 is 15.9 Å². The molecule has 3 aromatic carbocycles. The number of nitrogens with one attached hydrogen (secondary N) is 2. The lowest BCUT2D eigenvalue weighted by atomic mass is 10.2. The van der Waals surface area contributed by atoms with Crippen LogP contribution in [0.5, 0.6) is 5.75 Å². The van der Waals surface area contributed by atoms with Crippen LogP contribution < -0.4 is 15.6 Å². The zero-order valence-corrected chi connectivity index (χ0v) is 17.3. The van der Waals surface area contributed by atoms with Crippen molar-refractivity contribution in [2.24, 2.45) is 4.40 Å². The summed E-state index contributed by atoms with van der Waals surface area (Å²) in [6, 6.07) is 21.6. The van der Waals surface area contributed by atoms with Gasteiger partial charge in [-0.05, 0) is 43.3 Å². The number of methoxy groups -OCH3 is 1. The highest BCUT2D eigenvalue weighted by Gasteiger charge is 2.16. The predicted octanol–water partition coefficient (Wildman–Crippen LogP) is 3.07. The number of hydrogen-bond acceptors (Lipinski definition) is 4. The minimum absolute atomic E-state index is 0.00182. The first-order valence-electron chi connectivity index (χ1n) is 9.06. The summed E-state index contributed by atoms with van der Waals surface area (Å²) in [5, 5.41) is 0. The summed E-state index contributed by atoms with van der Waals surface area (Å²) in [5.41, 5.74) is 6.94. The number of hydrazine groups is 1. The van der Waals surface area contributed by atoms with E-state index in [2.05, 4.69) is 15.2 Å². The van der Waals surface area contributed by atoms with Gasteiger partial charge in [0.05, 0.1) is 12.0 Å². The Bertz CT molecular complexity index is 1140. The van der Waals surface area contributed by atoms with Gasteiger partial charge in [-0.1, -0.05) is 48.0 Å². The number of amides is 1. The van der Waals surface area contributed by atoms with Gasteiger partial charge < -0.3 is 4.74 Å². The van der Waals surface area contributed by atoms with E-state index in [9.17, 15) is 13.2 Å². The molecule has 0 aromatic heterocycles. The lowest BCUT2D eigenvalue weighted by Crippen LogP contribution is -2.42. The van der Waals surface area contributed by atoms with Gasteiger partial charge in [0.1, 0.15) is 5.75 Å². The number of nitrogens with zero attached hydrogens (tertiary/aromatic N) is 1. The van der Waals surface area contributed by atoms with Crippen molar-refractivity contribution in [3.8, 4) is 5.75 Å². The molecule has 30 heavy (non-hydrogen) atoms. The van der Waals surface area contributed by atoms with Crippen LogP contribution in [0, 0.1) is 6.92 Å². The molecule has 0 unspecified atom stereocenters. The molecule has 7 nitrogen and oxygen atoms in total. The lowest BCUT2D eigenvalue weighted by molar-refractivity contribution is 0.0944. The Labute approximate surface area is 175 Å². The number of amidine groups is 1. The summed E-state index contributed by atoms with van der Waals surface area (Å²) in [6.45, 7) is 1.87. The number of benzene rings is 3. The van der Waals surface area contributed by atoms with Crippen molar-refractivity contribution in [3.05, 3.63) is 95.6 Å². The van der Waals surface area contributed by atoms with E-state index in [-0.39, 0.29) is 10.7 Å². The van der Waals surface area contributed by atoms with Crippen molar-refractivity contribution in [2.45, 2.75) is 11.8 Å². The van der Waals surface area contributed by atoms with Crippen molar-refractivity contribution < 1.29 is 17.9 Å². The summed E-state index contributed by atoms with van der Waals surface area (Å²) in [6.07, 6.45) is 0. The maximum absolute atomic E-state index is 12.8. The normalized spacial score (nSPS) is 11.6. The molecule has 0 fully saturated rings. The van der Waals surface area contributed by atoms with Gasteiger partial charge in [-0.25, -0.2) is 0 Å². The highest BCUT2D eigenvalue weighted by molar-refractivity contribution is 7.90. The van der Waals surface area contributed by atoms with Crippen LogP contribution in [0.25, 0.3) is 0 Å². The SMILES string of the molecule is COc1ccc(C(=O)NN/C(=N\S(=O)(=O)c2ccc(C)cc2)c2ccccc2)cc1. The molecule has 0 heterocycles. The topological polar surface area (TPSA) is 96.9 Å². The van der Waals surface area contributed by atoms with Gasteiger partial charge in [-0.2, -0.15) is 8.42 Å². The molecule has 0 aliphatic heterocycles. The highest BCUT2D eigenvalue weighted by Crippen LogP contribution is 2.15. The number of sulfonamides is 1. The Morgan fingerprint density at radius 1 is 0.833 bits per heavy atom. The number of hydrogen-bond donors (Lipinski definition) is 2. The number of aryl methyl sites for hydroxylation is 1. The molecule has 8 heteroatoms. The summed E-state index contributed by atoms with van der Waals surface area (Å²) in [7, 11) is -2.45. The average Bonchev–Trinajstić information content (AvgIpc) is 2.77. The Hall–Kier alpha value is -3.65. The molecule has 1 amide bonds. The van der Waals surface area contributed by atoms with Gasteiger partial charge in [-0.3, -0.25) is 15.6 Å². The first-order valence-corrected chi connectivity index (χ1v) is 10.5. The minimum Gasteiger partial charge on any atom is -0.497 e. The Morgan fingerprint density at radius 3 is 2.07 bits per heavy atom. The second-order valence-electron chi connectivity index (χ2n) is 6.40. The van der Waals surface area contributed by atoms with Crippen LogP contribution in [-0.2, 0) is 10.0 Å². The summed E-state index contributed by atoms with van der Waals surface area (Å²) in [4.78, 5) is 12.5. The Morgan fingerprint density at radius 2 is 1.47 bits per heavy atom. The molecule has 0 spiro atoms. The zero-order valence-electron chi connectivity index (χ0n) is 16.5. The van der Waals surface area contributed by atoms with E-state index in [1.165, 1.54) is 19.2 Å². The van der Waals surface area contributed by atoms with E-state index in [4.69, 9.17) is 4.74 Å². The lowest BCUT2D eigenvalue weighted by Gasteiger charge is -2.12. The van der Waals surface area contributed by atoms with Gasteiger partial charge in [0.25, 0.3) is 15.9 Å². The summed E-state index contributed by atoms with van der Waals surface area (Å²) < 4.78 is 34.5. The number of rotatable bonds is 5. The maximum atomic E-state index is 12.8. The van der Waals surface area contributed by atoms with Gasteiger partial charge in [0.15, 0.2) is 5.84 Å². The molecule has 2 N–H and O–H groups in total. The molecule has 0 bridgehead atoms. The van der Waals surface area contributed by atoms with Crippen molar-refractivity contribution >= 4 is 21.8 Å². The molecule has 0 saturated carbocycles. The molecule has 154 valence electrons. The summed E-state index contributed by atoms with van der Waals surface area (Å²) >= 11 is 0. The first-order chi connectivity index (χ1) is 14.4. The second-order valence-corrected chi connectivity index (χ2v) is 8.01. The number of carbonyl (C=O) groups excluding carboxylic acids is 1. The number of ether oxygens (including phenoxy) is 1. The standard InChI is InChI=1S/C22H21N3O4S/c1-16-8-14-20(15-9-16)30(27,28)25-21(17-6-4-3-5-7-17)23-24-22(26)18-10-12-19(29-2)13-11-18/h3-15H,1-2H3,(H,23,25)(H,24,26). The van der Waals surface area contributed by atoms with Crippen LogP contribution in [0.3, 0.4) is 0 Å². The van der Waals surface area contributed by atoms with Crippen LogP contribution in [0.15, 0.2) is 88.2 Å². The van der Waals surface area contributed by atoms with E-state index >= 15 is 0 Å². The van der Waals surface area contributed by atoms with Crippen LogP contribution in [0.2, 0.25) is 0 Å². The monoisotopic (exact) mass is 423 g/mol. The van der Waals surface area contributed by atoms with Crippen molar-refractivity contribution in [1.82, 2.24) is 10.9 Å². The van der Waals surface area contributed by atoms with E-state index in [1.807, 2.05) is 6.92 Å². The third kappa shape index (κ3) is 5.24. The molecule has 3 aromatic rings. The fourth-order valence-corrected chi connectivity index (χ4v) is 3.53. The molecule has 0 radical (unpaired) electrons. The molecule has 3 rings (SSSR count). The fourth-order valence-electron chi connectivity index (χ4n) is 2.56. The third-order valence-corrected chi connectivity index (χ3v) is 5.51. The molecule has 0 saturated heterocycles. The largest absolute Gasteiger partial charge is 0.497 e. The minimum atomic E-state index is -3.99. The smallest absolute Gasteiger partial charge is 0.284 e. The summed E-state index contributed by atoms with van der Waals surface area (Å²) in [5.74, 6) is 0.169. The van der Waals surface area contributed by atoms with E-state index in [0.29, 0.717) is 16.9 Å². The second kappa shape index (κ2) is 9.23. The first kappa shape index (κ1) is 21.1. The molecule has 0 atom stereocenters. The van der Waals surface area contributed by atoms with E-state index in [0.717, 1.165) is 5.56 Å². The van der Waals surface area contributed by atoms with Crippen LogP contribution in [-0.4, -0.2) is 27.3 Å². The van der Waals surface area contributed by atoms with Crippen LogP contribution >= 0.6 is 0 Å². The average molecular weight is 423 g/mol. The third-order valence-electron chi connectivity index (χ3n) is 4.22. The molecule has 0 aliphatic carbocycles. The Balaban J connectivity index is 1.86. The Kier molecular flexibility index (Phi) is 6.48. The van der Waals surface area contributed by atoms with Crippen molar-refractivity contribution in [2.75, 3.05) is 7.11 Å². The van der Waals surface area contributed by atoms with Gasteiger partial charge in [0, 0.05) is 11.1 Å². The number of carbonyl (C=O) groups is 1. The van der Waals surface area contributed by atoms with Gasteiger partial charge in [0.2, 0.25) is 0 Å². The van der Waals surface area contributed by atoms with Crippen LogP contribution in [0.1, 0.15) is 21.5 Å². The van der Waals surface area contributed by atoms with E-state index in [1.54, 1.807) is 66.7 Å². The molecular weight excluding hydrogens is 402 g/mol.